The average molecular weight is 189 g/mol. The topological polar surface area (TPSA) is 37.4 Å². The molecule has 12 heavy (non-hydrogen) atoms. The molecule has 0 bridgehead atoms. The maximum atomic E-state index is 11.3. The van der Waals surface area contributed by atoms with Gasteiger partial charge in [0.2, 0.25) is 0 Å². The highest BCUT2D eigenvalue weighted by molar-refractivity contribution is 7.91. The zero-order valence-corrected chi connectivity index (χ0v) is 8.39. The van der Waals surface area contributed by atoms with Crippen LogP contribution in [0.1, 0.15) is 19.3 Å². The van der Waals surface area contributed by atoms with E-state index in [1.165, 1.54) is 6.26 Å². The van der Waals surface area contributed by atoms with Crippen molar-refractivity contribution < 1.29 is 8.42 Å². The third kappa shape index (κ3) is 1.01. The Morgan fingerprint density at radius 1 is 1.50 bits per heavy atom. The number of nitrogens with zero attached hydrogens (tertiary/aromatic N) is 1. The van der Waals surface area contributed by atoms with Gasteiger partial charge in [-0.25, -0.2) is 8.42 Å². The van der Waals surface area contributed by atoms with E-state index in [2.05, 4.69) is 4.90 Å². The summed E-state index contributed by atoms with van der Waals surface area (Å²) in [6, 6.07) is 0. The molecule has 1 unspecified atom stereocenters. The van der Waals surface area contributed by atoms with Gasteiger partial charge < -0.3 is 0 Å². The van der Waals surface area contributed by atoms with Crippen LogP contribution in [0.3, 0.4) is 0 Å². The van der Waals surface area contributed by atoms with E-state index >= 15 is 0 Å². The molecule has 0 aromatic carbocycles. The quantitative estimate of drug-likeness (QED) is 0.594. The Morgan fingerprint density at radius 3 is 2.50 bits per heavy atom. The van der Waals surface area contributed by atoms with Gasteiger partial charge in [0, 0.05) is 11.8 Å². The molecule has 70 valence electrons. The van der Waals surface area contributed by atoms with Crippen molar-refractivity contribution in [2.24, 2.45) is 0 Å². The Labute approximate surface area is 73.7 Å². The van der Waals surface area contributed by atoms with Gasteiger partial charge in [0.05, 0.1) is 5.25 Å². The lowest BCUT2D eigenvalue weighted by molar-refractivity contribution is 0.292. The molecular formula is C8H15NO2S. The number of rotatable bonds is 1. The van der Waals surface area contributed by atoms with Gasteiger partial charge in [-0.3, -0.25) is 4.90 Å². The number of hydrogen-bond acceptors (Lipinski definition) is 3. The third-order valence-corrected chi connectivity index (χ3v) is 5.00. The standard InChI is InChI=1S/C8H15NO2S/c1-9-5-3-4-8(9)6-7(8)12(2,10)11/h7H,3-6H2,1-2H3/t7-,8?/m0/s1. The van der Waals surface area contributed by atoms with E-state index in [1.54, 1.807) is 0 Å². The van der Waals surface area contributed by atoms with E-state index in [4.69, 9.17) is 0 Å². The van der Waals surface area contributed by atoms with Crippen molar-refractivity contribution in [1.82, 2.24) is 4.90 Å². The summed E-state index contributed by atoms with van der Waals surface area (Å²) in [5.74, 6) is 0. The minimum Gasteiger partial charge on any atom is -0.299 e. The smallest absolute Gasteiger partial charge is 0.152 e. The molecule has 1 aliphatic carbocycles. The average Bonchev–Trinajstić information content (AvgIpc) is 2.53. The lowest BCUT2D eigenvalue weighted by Crippen LogP contribution is -2.32. The molecule has 3 nitrogen and oxygen atoms in total. The first-order chi connectivity index (χ1) is 5.47. The van der Waals surface area contributed by atoms with Gasteiger partial charge in [0.25, 0.3) is 0 Å². The molecule has 2 atom stereocenters. The molecule has 2 aliphatic rings. The van der Waals surface area contributed by atoms with Gasteiger partial charge in [-0.05, 0) is 32.9 Å². The molecule has 1 aliphatic heterocycles. The zero-order chi connectivity index (χ0) is 8.98. The molecule has 0 aromatic heterocycles. The van der Waals surface area contributed by atoms with Crippen LogP contribution in [0.15, 0.2) is 0 Å². The Hall–Kier alpha value is -0.0900. The van der Waals surface area contributed by atoms with E-state index in [0.717, 1.165) is 25.8 Å². The highest BCUT2D eigenvalue weighted by Crippen LogP contribution is 2.52. The van der Waals surface area contributed by atoms with Crippen molar-refractivity contribution in [3.05, 3.63) is 0 Å². The Bertz CT molecular complexity index is 298. The fraction of sp³-hybridized carbons (Fsp3) is 1.00. The summed E-state index contributed by atoms with van der Waals surface area (Å²) in [5.41, 5.74) is 0.0492. The van der Waals surface area contributed by atoms with E-state index < -0.39 is 9.84 Å². The summed E-state index contributed by atoms with van der Waals surface area (Å²) in [7, 11) is -0.756. The molecule has 1 saturated heterocycles. The van der Waals surface area contributed by atoms with Crippen LogP contribution in [0.4, 0.5) is 0 Å². The van der Waals surface area contributed by atoms with Crippen molar-refractivity contribution in [1.29, 1.82) is 0 Å². The van der Waals surface area contributed by atoms with Crippen LogP contribution in [0.5, 0.6) is 0 Å². The number of hydrogen-bond donors (Lipinski definition) is 0. The van der Waals surface area contributed by atoms with Crippen LogP contribution in [-0.2, 0) is 9.84 Å². The summed E-state index contributed by atoms with van der Waals surface area (Å²) in [5, 5.41) is -0.0718. The van der Waals surface area contributed by atoms with Gasteiger partial charge in [0.1, 0.15) is 0 Å². The number of likely N-dealkylation sites (tertiary alicyclic amines) is 1. The highest BCUT2D eigenvalue weighted by Gasteiger charge is 2.63. The van der Waals surface area contributed by atoms with Crippen LogP contribution in [-0.4, -0.2) is 44.0 Å². The Kier molecular flexibility index (Phi) is 1.58. The van der Waals surface area contributed by atoms with Crippen molar-refractivity contribution in [2.45, 2.75) is 30.1 Å². The Balaban J connectivity index is 2.20. The second kappa shape index (κ2) is 2.23. The molecule has 0 aromatic rings. The third-order valence-electron chi connectivity index (χ3n) is 3.36. The predicted octanol–water partition coefficient (Wildman–Crippen LogP) is 0.268. The van der Waals surface area contributed by atoms with E-state index in [-0.39, 0.29) is 10.8 Å². The Morgan fingerprint density at radius 2 is 2.17 bits per heavy atom. The van der Waals surface area contributed by atoms with E-state index in [1.807, 2.05) is 7.05 Å². The van der Waals surface area contributed by atoms with Crippen molar-refractivity contribution in [2.75, 3.05) is 19.8 Å². The summed E-state index contributed by atoms with van der Waals surface area (Å²) < 4.78 is 22.5. The van der Waals surface area contributed by atoms with Gasteiger partial charge in [-0.15, -0.1) is 0 Å². The number of sulfone groups is 1. The van der Waals surface area contributed by atoms with Crippen LogP contribution in [0.2, 0.25) is 0 Å². The zero-order valence-electron chi connectivity index (χ0n) is 7.58. The molecule has 0 radical (unpaired) electrons. The van der Waals surface area contributed by atoms with Crippen molar-refractivity contribution in [3.8, 4) is 0 Å². The molecule has 1 heterocycles. The maximum Gasteiger partial charge on any atom is 0.152 e. The molecule has 0 amide bonds. The van der Waals surface area contributed by atoms with E-state index in [0.29, 0.717) is 0 Å². The highest BCUT2D eigenvalue weighted by atomic mass is 32.2. The first-order valence-electron chi connectivity index (χ1n) is 4.37. The van der Waals surface area contributed by atoms with Crippen LogP contribution in [0, 0.1) is 0 Å². The SMILES string of the molecule is CN1CCCC12C[C@@H]2S(C)(=O)=O. The molecule has 1 spiro atoms. The summed E-state index contributed by atoms with van der Waals surface area (Å²) in [6.45, 7) is 1.06. The normalized spacial score (nSPS) is 42.3. The lowest BCUT2D eigenvalue weighted by atomic mass is 10.2. The monoisotopic (exact) mass is 189 g/mol. The lowest BCUT2D eigenvalue weighted by Gasteiger charge is -2.19. The largest absolute Gasteiger partial charge is 0.299 e. The molecule has 4 heteroatoms. The fourth-order valence-electron chi connectivity index (χ4n) is 2.51. The molecule has 2 rings (SSSR count). The first-order valence-corrected chi connectivity index (χ1v) is 6.32. The predicted molar refractivity (Wildman–Crippen MR) is 47.8 cm³/mol. The minimum absolute atomic E-state index is 0.0492. The first kappa shape index (κ1) is 8.51. The van der Waals surface area contributed by atoms with Gasteiger partial charge in [0.15, 0.2) is 9.84 Å². The van der Waals surface area contributed by atoms with Crippen LogP contribution < -0.4 is 0 Å². The summed E-state index contributed by atoms with van der Waals surface area (Å²) in [4.78, 5) is 2.22. The summed E-state index contributed by atoms with van der Waals surface area (Å²) >= 11 is 0. The fourth-order valence-corrected chi connectivity index (χ4v) is 4.20. The van der Waals surface area contributed by atoms with Gasteiger partial charge >= 0.3 is 0 Å². The molecule has 1 saturated carbocycles. The second-order valence-electron chi connectivity index (χ2n) is 4.15. The second-order valence-corrected chi connectivity index (χ2v) is 6.38. The molecule has 0 N–H and O–H groups in total. The van der Waals surface area contributed by atoms with E-state index in [9.17, 15) is 8.42 Å². The molecule has 2 fully saturated rings. The summed E-state index contributed by atoms with van der Waals surface area (Å²) in [6.07, 6.45) is 4.45. The van der Waals surface area contributed by atoms with Crippen LogP contribution in [0.25, 0.3) is 0 Å². The minimum atomic E-state index is -2.80. The van der Waals surface area contributed by atoms with Crippen molar-refractivity contribution >= 4 is 9.84 Å². The molecular weight excluding hydrogens is 174 g/mol. The van der Waals surface area contributed by atoms with Gasteiger partial charge in [-0.2, -0.15) is 0 Å². The maximum absolute atomic E-state index is 11.3. The van der Waals surface area contributed by atoms with Crippen molar-refractivity contribution in [3.63, 3.8) is 0 Å². The van der Waals surface area contributed by atoms with Crippen LogP contribution >= 0.6 is 0 Å². The van der Waals surface area contributed by atoms with Gasteiger partial charge in [-0.1, -0.05) is 0 Å².